The highest BCUT2D eigenvalue weighted by Gasteiger charge is 2.36. The Labute approximate surface area is 292 Å². The van der Waals surface area contributed by atoms with Gasteiger partial charge in [0.2, 0.25) is 23.8 Å². The molecule has 0 spiro atoms. The standard InChI is InChI=1S/C22H30Cl2N10.C7H14O8/c23-15-5-9-17(10-6-15)31-21(27)33-19(25)29-13-3-1-2-4-14-30-20(26)34-22(28)32-18-11-7-16(24)8-12-18;8-1-2(9)3(10)4(11)5(12)6(13)7(14)15/h5-12H,1-4,13-14H2,(H5,25,27,29,31,33)(H5,26,28,30,32,34);2-6,8-13H,1H2,(H,14,15)/t;2?,3-,4-,5+,6-/m.1/s1. The molecule has 0 radical (unpaired) electrons. The zero-order chi connectivity index (χ0) is 36.9. The average molecular weight is 732 g/mol. The summed E-state index contributed by atoms with van der Waals surface area (Å²) >= 11 is 11.7. The number of halogens is 2. The molecule has 49 heavy (non-hydrogen) atoms. The number of aliphatic hydroxyl groups is 6. The summed E-state index contributed by atoms with van der Waals surface area (Å²) in [4.78, 5) is 26.7. The van der Waals surface area contributed by atoms with Gasteiger partial charge in [0.25, 0.3) is 0 Å². The number of carboxylic acid groups (broad SMARTS) is 1. The summed E-state index contributed by atoms with van der Waals surface area (Å²) in [6.45, 7) is 0.242. The number of hydrogen-bond acceptors (Lipinski definition) is 9. The Morgan fingerprint density at radius 1 is 0.653 bits per heavy atom. The number of nitrogens with one attached hydrogen (secondary N) is 2. The van der Waals surface area contributed by atoms with E-state index in [1.54, 1.807) is 48.5 Å². The van der Waals surface area contributed by atoms with Gasteiger partial charge in [0.1, 0.15) is 24.4 Å². The normalized spacial score (nSPS) is 15.7. The van der Waals surface area contributed by atoms with Crippen molar-refractivity contribution in [3.8, 4) is 0 Å². The van der Waals surface area contributed by atoms with Crippen molar-refractivity contribution in [1.29, 1.82) is 0 Å². The molecule has 0 bridgehead atoms. The van der Waals surface area contributed by atoms with Gasteiger partial charge in [-0.15, -0.1) is 0 Å². The molecule has 5 atom stereocenters. The van der Waals surface area contributed by atoms with E-state index in [1.807, 2.05) is 0 Å². The van der Waals surface area contributed by atoms with E-state index in [0.29, 0.717) is 23.1 Å². The highest BCUT2D eigenvalue weighted by atomic mass is 35.5. The van der Waals surface area contributed by atoms with Crippen LogP contribution in [0.4, 0.5) is 11.4 Å². The molecule has 0 saturated carbocycles. The number of unbranched alkanes of at least 4 members (excludes halogenated alkanes) is 3. The molecule has 0 saturated heterocycles. The topological polar surface area (TPSA) is 336 Å². The average Bonchev–Trinajstić information content (AvgIpc) is 3.06. The van der Waals surface area contributed by atoms with Gasteiger partial charge >= 0.3 is 5.97 Å². The third-order valence-electron chi connectivity index (χ3n) is 6.17. The summed E-state index contributed by atoms with van der Waals surface area (Å²) in [7, 11) is 0. The van der Waals surface area contributed by atoms with E-state index in [4.69, 9.17) is 81.9 Å². The Balaban J connectivity index is 0.000000673. The lowest BCUT2D eigenvalue weighted by atomic mass is 9.99. The number of nitrogens with two attached hydrogens (primary N) is 4. The number of guanidine groups is 4. The van der Waals surface area contributed by atoms with Crippen LogP contribution in [0.5, 0.6) is 0 Å². The number of aliphatic imine (C=N–C) groups is 4. The first-order chi connectivity index (χ1) is 23.1. The van der Waals surface area contributed by atoms with E-state index in [-0.39, 0.29) is 23.8 Å². The number of hydrogen-bond donors (Lipinski definition) is 13. The van der Waals surface area contributed by atoms with Gasteiger partial charge in [0.15, 0.2) is 6.10 Å². The number of rotatable bonds is 15. The first-order valence-corrected chi connectivity index (χ1v) is 15.5. The van der Waals surface area contributed by atoms with Crippen molar-refractivity contribution in [3.05, 3.63) is 58.6 Å². The van der Waals surface area contributed by atoms with E-state index in [9.17, 15) is 4.79 Å². The lowest BCUT2D eigenvalue weighted by Crippen LogP contribution is -2.51. The predicted molar refractivity (Wildman–Crippen MR) is 190 cm³/mol. The van der Waals surface area contributed by atoms with E-state index in [2.05, 4.69) is 30.6 Å². The summed E-state index contributed by atoms with van der Waals surface area (Å²) in [6, 6.07) is 14.1. The van der Waals surface area contributed by atoms with Crippen molar-refractivity contribution in [3.63, 3.8) is 0 Å². The van der Waals surface area contributed by atoms with Gasteiger partial charge in [-0.1, -0.05) is 36.0 Å². The molecule has 0 fully saturated rings. The summed E-state index contributed by atoms with van der Waals surface area (Å²) in [5.41, 5.74) is 24.8. The Bertz CT molecular complexity index is 1310. The maximum atomic E-state index is 10.2. The SMILES string of the molecule is NC(=NCCCCCCN=C(N)N=C(N)Nc1ccc(Cl)cc1)N=C(N)Nc1ccc(Cl)cc1.O=C(O)[C@H](O)[C@@H](O)[C@H](O)[C@H](O)C(O)CO. The van der Waals surface area contributed by atoms with Crippen LogP contribution in [-0.2, 0) is 4.79 Å². The Morgan fingerprint density at radius 2 is 1.04 bits per heavy atom. The Morgan fingerprint density at radius 3 is 1.39 bits per heavy atom. The Hall–Kier alpha value is -4.27. The van der Waals surface area contributed by atoms with Gasteiger partial charge in [0, 0.05) is 34.5 Å². The summed E-state index contributed by atoms with van der Waals surface area (Å²) in [5, 5.41) is 68.7. The van der Waals surface area contributed by atoms with Gasteiger partial charge in [-0.25, -0.2) is 4.79 Å². The van der Waals surface area contributed by atoms with Crippen LogP contribution in [0.3, 0.4) is 0 Å². The monoisotopic (exact) mass is 730 g/mol. The summed E-state index contributed by atoms with van der Waals surface area (Å²) in [6.07, 6.45) is -6.56. The quantitative estimate of drug-likeness (QED) is 0.0606. The predicted octanol–water partition coefficient (Wildman–Crippen LogP) is -0.796. The maximum absolute atomic E-state index is 10.2. The first-order valence-electron chi connectivity index (χ1n) is 14.7. The van der Waals surface area contributed by atoms with E-state index >= 15 is 0 Å². The molecular weight excluding hydrogens is 687 g/mol. The van der Waals surface area contributed by atoms with Crippen molar-refractivity contribution in [2.24, 2.45) is 42.9 Å². The lowest BCUT2D eigenvalue weighted by molar-refractivity contribution is -0.169. The molecule has 2 rings (SSSR count). The highest BCUT2D eigenvalue weighted by molar-refractivity contribution is 6.31. The van der Waals surface area contributed by atoms with Gasteiger partial charge in [0.05, 0.1) is 6.61 Å². The van der Waals surface area contributed by atoms with Crippen molar-refractivity contribution in [1.82, 2.24) is 0 Å². The maximum Gasteiger partial charge on any atom is 0.335 e. The molecule has 17 N–H and O–H groups in total. The molecule has 20 heteroatoms. The van der Waals surface area contributed by atoms with Gasteiger partial charge in [-0.3, -0.25) is 9.98 Å². The summed E-state index contributed by atoms with van der Waals surface area (Å²) in [5.74, 6) is -1.22. The van der Waals surface area contributed by atoms with E-state index in [0.717, 1.165) is 37.1 Å². The smallest absolute Gasteiger partial charge is 0.335 e. The molecule has 18 nitrogen and oxygen atoms in total. The summed E-state index contributed by atoms with van der Waals surface area (Å²) < 4.78 is 0. The van der Waals surface area contributed by atoms with Crippen molar-refractivity contribution in [2.45, 2.75) is 56.2 Å². The van der Waals surface area contributed by atoms with Gasteiger partial charge < -0.3 is 69.3 Å². The van der Waals surface area contributed by atoms with Gasteiger partial charge in [-0.05, 0) is 61.4 Å². The minimum Gasteiger partial charge on any atom is -0.479 e. The van der Waals surface area contributed by atoms with Crippen LogP contribution in [0.2, 0.25) is 10.0 Å². The zero-order valence-electron chi connectivity index (χ0n) is 26.3. The number of aliphatic hydroxyl groups excluding tert-OH is 6. The number of aliphatic carboxylic acids is 1. The molecule has 2 aromatic rings. The molecule has 0 amide bonds. The van der Waals surface area contributed by atoms with E-state index < -0.39 is 43.1 Å². The van der Waals surface area contributed by atoms with Crippen molar-refractivity contribution in [2.75, 3.05) is 30.3 Å². The second-order valence-electron chi connectivity index (χ2n) is 10.2. The van der Waals surface area contributed by atoms with Crippen LogP contribution in [0.25, 0.3) is 0 Å². The minimum absolute atomic E-state index is 0.124. The fourth-order valence-electron chi connectivity index (χ4n) is 3.57. The van der Waals surface area contributed by atoms with Crippen LogP contribution < -0.4 is 33.6 Å². The van der Waals surface area contributed by atoms with Crippen LogP contribution in [0, 0.1) is 0 Å². The Kier molecular flexibility index (Phi) is 20.2. The van der Waals surface area contributed by atoms with Crippen LogP contribution in [0.1, 0.15) is 25.7 Å². The molecule has 0 aliphatic rings. The number of anilines is 2. The highest BCUT2D eigenvalue weighted by Crippen LogP contribution is 2.14. The number of benzene rings is 2. The second-order valence-corrected chi connectivity index (χ2v) is 11.0. The molecule has 0 aliphatic heterocycles. The fourth-order valence-corrected chi connectivity index (χ4v) is 3.82. The van der Waals surface area contributed by atoms with Crippen molar-refractivity contribution < 1.29 is 40.5 Å². The van der Waals surface area contributed by atoms with E-state index in [1.165, 1.54) is 0 Å². The molecule has 0 heterocycles. The number of nitrogens with zero attached hydrogens (tertiary/aromatic N) is 4. The molecule has 0 aromatic heterocycles. The molecule has 1 unspecified atom stereocenters. The third kappa shape index (κ3) is 18.2. The van der Waals surface area contributed by atoms with Crippen LogP contribution >= 0.6 is 23.2 Å². The number of carbonyl (C=O) groups is 1. The number of carboxylic acids is 1. The van der Waals surface area contributed by atoms with Crippen molar-refractivity contribution >= 4 is 64.4 Å². The first kappa shape index (κ1) is 42.8. The molecule has 0 aliphatic carbocycles. The molecule has 2 aromatic carbocycles. The fraction of sp³-hybridized carbons (Fsp3) is 0.414. The zero-order valence-corrected chi connectivity index (χ0v) is 27.9. The minimum atomic E-state index is -2.29. The third-order valence-corrected chi connectivity index (χ3v) is 6.68. The second kappa shape index (κ2) is 23.1. The molecule has 272 valence electrons. The van der Waals surface area contributed by atoms with Crippen LogP contribution in [-0.4, -0.2) is 116 Å². The van der Waals surface area contributed by atoms with Gasteiger partial charge in [-0.2, -0.15) is 9.98 Å². The van der Waals surface area contributed by atoms with Crippen LogP contribution in [0.15, 0.2) is 68.5 Å². The molecular formula is C29H44Cl2N10O8. The largest absolute Gasteiger partial charge is 0.479 e. The lowest BCUT2D eigenvalue weighted by Gasteiger charge is -2.26.